The zero-order valence-electron chi connectivity index (χ0n) is 16.8. The molecular weight excluding hydrogens is 440 g/mol. The maximum Gasteiger partial charge on any atom is 0.245 e. The fourth-order valence-electron chi connectivity index (χ4n) is 3.37. The first-order valence-corrected chi connectivity index (χ1v) is 11.5. The topological polar surface area (TPSA) is 88.8 Å². The van der Waals surface area contributed by atoms with Crippen LogP contribution in [0, 0.1) is 0 Å². The minimum Gasteiger partial charge on any atom is -0.495 e. The molecule has 0 fully saturated rings. The average molecular weight is 459 g/mol. The highest BCUT2D eigenvalue weighted by atomic mass is 35.5. The van der Waals surface area contributed by atoms with E-state index in [4.69, 9.17) is 20.8 Å². The number of nitrogens with one attached hydrogen (secondary N) is 1. The van der Waals surface area contributed by atoms with Gasteiger partial charge in [0.15, 0.2) is 0 Å². The Morgan fingerprint density at radius 3 is 2.55 bits per heavy atom. The number of ether oxygens (including phenoxy) is 1. The normalized spacial score (nSPS) is 11.6. The molecule has 1 amide bonds. The summed E-state index contributed by atoms with van der Waals surface area (Å²) < 4.78 is 36.8. The second kappa shape index (κ2) is 8.13. The predicted molar refractivity (Wildman–Crippen MR) is 123 cm³/mol. The Hall–Kier alpha value is -3.23. The highest BCUT2D eigenvalue weighted by Crippen LogP contribution is 2.33. The SMILES string of the molecule is COc1ccc(Cl)cc1N(CC(=O)Nc1ccc2c(c1)oc1ccccc12)S(C)(=O)=O. The molecule has 4 rings (SSSR count). The summed E-state index contributed by atoms with van der Waals surface area (Å²) in [4.78, 5) is 12.7. The second-order valence-electron chi connectivity index (χ2n) is 6.94. The zero-order chi connectivity index (χ0) is 22.2. The third-order valence-corrected chi connectivity index (χ3v) is 6.12. The number of benzene rings is 3. The van der Waals surface area contributed by atoms with E-state index in [0.717, 1.165) is 26.9 Å². The number of rotatable bonds is 6. The van der Waals surface area contributed by atoms with Crippen LogP contribution in [0.15, 0.2) is 65.1 Å². The van der Waals surface area contributed by atoms with Gasteiger partial charge in [-0.25, -0.2) is 8.42 Å². The monoisotopic (exact) mass is 458 g/mol. The molecule has 0 saturated carbocycles. The smallest absolute Gasteiger partial charge is 0.245 e. The Kier molecular flexibility index (Phi) is 5.51. The van der Waals surface area contributed by atoms with Crippen LogP contribution < -0.4 is 14.4 Å². The van der Waals surface area contributed by atoms with Crippen molar-refractivity contribution >= 4 is 60.8 Å². The Morgan fingerprint density at radius 1 is 1.06 bits per heavy atom. The van der Waals surface area contributed by atoms with Gasteiger partial charge in [0.25, 0.3) is 0 Å². The van der Waals surface area contributed by atoms with Crippen molar-refractivity contribution in [1.82, 2.24) is 0 Å². The molecule has 0 aliphatic rings. The number of halogens is 1. The lowest BCUT2D eigenvalue weighted by molar-refractivity contribution is -0.114. The summed E-state index contributed by atoms with van der Waals surface area (Å²) in [5.74, 6) is -0.241. The van der Waals surface area contributed by atoms with Gasteiger partial charge in [-0.2, -0.15) is 0 Å². The van der Waals surface area contributed by atoms with E-state index in [1.54, 1.807) is 24.3 Å². The van der Waals surface area contributed by atoms with Crippen molar-refractivity contribution in [3.05, 3.63) is 65.7 Å². The summed E-state index contributed by atoms with van der Waals surface area (Å²) in [5.41, 5.74) is 2.04. The molecule has 4 aromatic rings. The number of methoxy groups -OCH3 is 1. The molecule has 1 heterocycles. The van der Waals surface area contributed by atoms with Crippen molar-refractivity contribution in [3.63, 3.8) is 0 Å². The van der Waals surface area contributed by atoms with Crippen molar-refractivity contribution < 1.29 is 22.4 Å². The first-order valence-electron chi connectivity index (χ1n) is 9.28. The van der Waals surface area contributed by atoms with Gasteiger partial charge in [0.1, 0.15) is 23.5 Å². The molecule has 31 heavy (non-hydrogen) atoms. The highest BCUT2D eigenvalue weighted by molar-refractivity contribution is 7.92. The van der Waals surface area contributed by atoms with Crippen molar-refractivity contribution in [3.8, 4) is 5.75 Å². The average Bonchev–Trinajstić information content (AvgIpc) is 3.09. The van der Waals surface area contributed by atoms with E-state index < -0.39 is 22.5 Å². The third-order valence-electron chi connectivity index (χ3n) is 4.76. The number of carbonyl (C=O) groups excluding carboxylic acids is 1. The molecule has 0 aliphatic heterocycles. The Labute approximate surface area is 184 Å². The summed E-state index contributed by atoms with van der Waals surface area (Å²) in [6.45, 7) is -0.451. The maximum absolute atomic E-state index is 12.7. The van der Waals surface area contributed by atoms with Crippen LogP contribution in [0.5, 0.6) is 5.75 Å². The van der Waals surface area contributed by atoms with Crippen LogP contribution >= 0.6 is 11.6 Å². The number of amides is 1. The van der Waals surface area contributed by atoms with E-state index in [-0.39, 0.29) is 11.4 Å². The number of carbonyl (C=O) groups is 1. The highest BCUT2D eigenvalue weighted by Gasteiger charge is 2.24. The minimum atomic E-state index is -3.79. The molecule has 3 aromatic carbocycles. The van der Waals surface area contributed by atoms with Crippen molar-refractivity contribution in [1.29, 1.82) is 0 Å². The molecule has 0 unspecified atom stereocenters. The predicted octanol–water partition coefficient (Wildman–Crippen LogP) is 4.65. The molecule has 160 valence electrons. The molecule has 0 atom stereocenters. The van der Waals surface area contributed by atoms with Gasteiger partial charge in [0.05, 0.1) is 19.1 Å². The Morgan fingerprint density at radius 2 is 1.81 bits per heavy atom. The summed E-state index contributed by atoms with van der Waals surface area (Å²) in [6.07, 6.45) is 1.01. The van der Waals surface area contributed by atoms with E-state index in [1.165, 1.54) is 13.2 Å². The van der Waals surface area contributed by atoms with Gasteiger partial charge in [0, 0.05) is 27.5 Å². The summed E-state index contributed by atoms with van der Waals surface area (Å²) in [6, 6.07) is 17.5. The molecule has 7 nitrogen and oxygen atoms in total. The van der Waals surface area contributed by atoms with Crippen LogP contribution in [0.3, 0.4) is 0 Å². The number of nitrogens with zero attached hydrogens (tertiary/aromatic N) is 1. The zero-order valence-corrected chi connectivity index (χ0v) is 18.3. The number of hydrogen-bond acceptors (Lipinski definition) is 5. The summed E-state index contributed by atoms with van der Waals surface area (Å²) in [7, 11) is -2.38. The molecule has 0 radical (unpaired) electrons. The molecule has 0 spiro atoms. The lowest BCUT2D eigenvalue weighted by Gasteiger charge is -2.24. The van der Waals surface area contributed by atoms with Gasteiger partial charge in [-0.15, -0.1) is 0 Å². The van der Waals surface area contributed by atoms with Gasteiger partial charge in [-0.3, -0.25) is 9.10 Å². The fraction of sp³-hybridized carbons (Fsp3) is 0.136. The van der Waals surface area contributed by atoms with Gasteiger partial charge >= 0.3 is 0 Å². The van der Waals surface area contributed by atoms with E-state index in [0.29, 0.717) is 16.3 Å². The van der Waals surface area contributed by atoms with E-state index in [1.807, 2.05) is 30.3 Å². The van der Waals surface area contributed by atoms with Gasteiger partial charge in [-0.1, -0.05) is 29.8 Å². The third kappa shape index (κ3) is 4.30. The van der Waals surface area contributed by atoms with Crippen molar-refractivity contribution in [2.75, 3.05) is 29.5 Å². The molecule has 9 heteroatoms. The van der Waals surface area contributed by atoms with Crippen molar-refractivity contribution in [2.24, 2.45) is 0 Å². The van der Waals surface area contributed by atoms with Crippen LogP contribution in [-0.4, -0.2) is 34.2 Å². The summed E-state index contributed by atoms with van der Waals surface area (Å²) in [5, 5.41) is 4.95. The molecular formula is C22H19ClN2O5S. The lowest BCUT2D eigenvalue weighted by Crippen LogP contribution is -2.37. The standard InChI is InChI=1S/C22H19ClN2O5S/c1-29-20-10-7-14(23)11-18(20)25(31(2,27)28)13-22(26)24-15-8-9-17-16-5-3-4-6-19(16)30-21(17)12-15/h3-12H,13H2,1-2H3,(H,24,26). The van der Waals surface area contributed by atoms with Gasteiger partial charge < -0.3 is 14.5 Å². The van der Waals surface area contributed by atoms with E-state index >= 15 is 0 Å². The van der Waals surface area contributed by atoms with E-state index in [2.05, 4.69) is 5.32 Å². The maximum atomic E-state index is 12.7. The van der Waals surface area contributed by atoms with Gasteiger partial charge in [0.2, 0.25) is 15.9 Å². The number of furan rings is 1. The Bertz CT molecular complexity index is 1400. The number of fused-ring (bicyclic) bond motifs is 3. The quantitative estimate of drug-likeness (QED) is 0.454. The number of anilines is 2. The van der Waals surface area contributed by atoms with Crippen LogP contribution in [-0.2, 0) is 14.8 Å². The minimum absolute atomic E-state index is 0.181. The molecule has 0 aliphatic carbocycles. The molecule has 0 saturated heterocycles. The van der Waals surface area contributed by atoms with Crippen LogP contribution in [0.1, 0.15) is 0 Å². The lowest BCUT2D eigenvalue weighted by atomic mass is 10.1. The fourth-order valence-corrected chi connectivity index (χ4v) is 4.39. The van der Waals surface area contributed by atoms with E-state index in [9.17, 15) is 13.2 Å². The summed E-state index contributed by atoms with van der Waals surface area (Å²) >= 11 is 6.04. The van der Waals surface area contributed by atoms with Gasteiger partial charge in [-0.05, 0) is 36.4 Å². The van der Waals surface area contributed by atoms with Crippen LogP contribution in [0.25, 0.3) is 21.9 Å². The van der Waals surface area contributed by atoms with Crippen LogP contribution in [0.2, 0.25) is 5.02 Å². The number of hydrogen-bond donors (Lipinski definition) is 1. The Balaban J connectivity index is 1.61. The molecule has 1 N–H and O–H groups in total. The largest absolute Gasteiger partial charge is 0.495 e. The first kappa shape index (κ1) is 21.0. The molecule has 1 aromatic heterocycles. The molecule has 0 bridgehead atoms. The first-order chi connectivity index (χ1) is 14.8. The van der Waals surface area contributed by atoms with Crippen molar-refractivity contribution in [2.45, 2.75) is 0 Å². The number of para-hydroxylation sites is 1. The number of sulfonamides is 1. The van der Waals surface area contributed by atoms with Crippen LogP contribution in [0.4, 0.5) is 11.4 Å². The second-order valence-corrected chi connectivity index (χ2v) is 9.29.